The van der Waals surface area contributed by atoms with Crippen molar-refractivity contribution in [3.63, 3.8) is 0 Å². The first kappa shape index (κ1) is 13.3. The maximum absolute atomic E-state index is 12.5. The Bertz CT molecular complexity index is 423. The molecule has 2 rings (SSSR count). The van der Waals surface area contributed by atoms with E-state index < -0.39 is 5.54 Å². The summed E-state index contributed by atoms with van der Waals surface area (Å²) in [5.41, 5.74) is -0.572. The largest absolute Gasteiger partial charge is 0.349 e. The molecule has 5 nitrogen and oxygen atoms in total. The minimum absolute atomic E-state index is 0.00769. The lowest BCUT2D eigenvalue weighted by Crippen LogP contribution is -2.54. The number of carbonyl (C=O) groups excluding carboxylic acids is 1. The first-order valence-electron chi connectivity index (χ1n) is 5.97. The highest BCUT2D eigenvalue weighted by molar-refractivity contribution is 9.11. The summed E-state index contributed by atoms with van der Waals surface area (Å²) in [6.07, 6.45) is 5.05. The van der Waals surface area contributed by atoms with E-state index >= 15 is 0 Å². The van der Waals surface area contributed by atoms with Crippen LogP contribution in [0.3, 0.4) is 0 Å². The number of nitrogens with one attached hydrogen (secondary N) is 2. The highest BCUT2D eigenvalue weighted by Crippen LogP contribution is 2.27. The molecule has 2 N–H and O–H groups in total. The van der Waals surface area contributed by atoms with Gasteiger partial charge in [-0.3, -0.25) is 9.48 Å². The molecule has 98 valence electrons. The van der Waals surface area contributed by atoms with Crippen molar-refractivity contribution < 1.29 is 4.79 Å². The third kappa shape index (κ3) is 2.64. The van der Waals surface area contributed by atoms with Crippen molar-refractivity contribution in [2.24, 2.45) is 0 Å². The third-order valence-corrected chi connectivity index (χ3v) is 3.52. The van der Waals surface area contributed by atoms with Crippen LogP contribution in [0.15, 0.2) is 29.5 Å². The Hall–Kier alpha value is -1.14. The van der Waals surface area contributed by atoms with Gasteiger partial charge in [-0.25, -0.2) is 0 Å². The minimum atomic E-state index is -0.572. The summed E-state index contributed by atoms with van der Waals surface area (Å²) in [5, 5.41) is 10.4. The van der Waals surface area contributed by atoms with Crippen LogP contribution in [-0.2, 0) is 10.3 Å². The standard InChI is InChI=1S/C12H17BrN4O/c1-10(13)9-15-11(18)12(3-6-14-7-4-12)17-8-2-5-16-17/h2,5,8,14H,1,3-4,6-7,9H2,(H,15,18). The Balaban J connectivity index is 2.19. The maximum Gasteiger partial charge on any atom is 0.248 e. The van der Waals surface area contributed by atoms with Gasteiger partial charge in [0.05, 0.1) is 0 Å². The van der Waals surface area contributed by atoms with E-state index in [1.807, 2.05) is 12.3 Å². The molecule has 0 atom stereocenters. The van der Waals surface area contributed by atoms with Crippen LogP contribution in [0, 0.1) is 0 Å². The van der Waals surface area contributed by atoms with Crippen LogP contribution in [0.1, 0.15) is 12.8 Å². The second-order valence-corrected chi connectivity index (χ2v) is 5.55. The van der Waals surface area contributed by atoms with Crippen molar-refractivity contribution in [1.29, 1.82) is 0 Å². The summed E-state index contributed by atoms with van der Waals surface area (Å²) in [6.45, 7) is 5.81. The fraction of sp³-hybridized carbons (Fsp3) is 0.500. The number of rotatable bonds is 4. The number of nitrogens with zero attached hydrogens (tertiary/aromatic N) is 2. The van der Waals surface area contributed by atoms with Crippen LogP contribution < -0.4 is 10.6 Å². The lowest BCUT2D eigenvalue weighted by Gasteiger charge is -2.36. The fourth-order valence-electron chi connectivity index (χ4n) is 2.26. The van der Waals surface area contributed by atoms with Gasteiger partial charge in [0.2, 0.25) is 5.91 Å². The predicted octanol–water partition coefficient (Wildman–Crippen LogP) is 0.987. The molecule has 1 aromatic rings. The zero-order valence-corrected chi connectivity index (χ0v) is 11.7. The molecule has 0 bridgehead atoms. The van der Waals surface area contributed by atoms with Gasteiger partial charge < -0.3 is 10.6 Å². The van der Waals surface area contributed by atoms with Crippen LogP contribution in [0.2, 0.25) is 0 Å². The first-order valence-corrected chi connectivity index (χ1v) is 6.77. The summed E-state index contributed by atoms with van der Waals surface area (Å²) in [4.78, 5) is 12.5. The van der Waals surface area contributed by atoms with Crippen molar-refractivity contribution in [2.45, 2.75) is 18.4 Å². The molecule has 0 aliphatic carbocycles. The monoisotopic (exact) mass is 312 g/mol. The summed E-state index contributed by atoms with van der Waals surface area (Å²) in [7, 11) is 0. The predicted molar refractivity (Wildman–Crippen MR) is 73.4 cm³/mol. The number of amides is 1. The van der Waals surface area contributed by atoms with Crippen LogP contribution in [-0.4, -0.2) is 35.3 Å². The second-order valence-electron chi connectivity index (χ2n) is 4.43. The Morgan fingerprint density at radius 3 is 2.83 bits per heavy atom. The second kappa shape index (κ2) is 5.67. The molecule has 1 saturated heterocycles. The smallest absolute Gasteiger partial charge is 0.248 e. The molecule has 1 fully saturated rings. The number of carbonyl (C=O) groups is 1. The maximum atomic E-state index is 12.5. The summed E-state index contributed by atoms with van der Waals surface area (Å²) in [5.74, 6) is 0.00769. The van der Waals surface area contributed by atoms with E-state index in [-0.39, 0.29) is 5.91 Å². The third-order valence-electron chi connectivity index (χ3n) is 3.24. The van der Waals surface area contributed by atoms with Gasteiger partial charge in [0.15, 0.2) is 0 Å². The number of hydrogen-bond donors (Lipinski definition) is 2. The average molecular weight is 313 g/mol. The fourth-order valence-corrected chi connectivity index (χ4v) is 2.40. The minimum Gasteiger partial charge on any atom is -0.349 e. The molecule has 1 amide bonds. The van der Waals surface area contributed by atoms with E-state index in [0.717, 1.165) is 30.4 Å². The lowest BCUT2D eigenvalue weighted by molar-refractivity contribution is -0.131. The number of piperidine rings is 1. The van der Waals surface area contributed by atoms with Gasteiger partial charge in [-0.15, -0.1) is 0 Å². The normalized spacial score (nSPS) is 18.3. The highest BCUT2D eigenvalue weighted by atomic mass is 79.9. The molecule has 0 aromatic carbocycles. The van der Waals surface area contributed by atoms with Gasteiger partial charge in [-0.2, -0.15) is 5.10 Å². The van der Waals surface area contributed by atoms with Crippen molar-refractivity contribution >= 4 is 21.8 Å². The van der Waals surface area contributed by atoms with E-state index in [4.69, 9.17) is 0 Å². The van der Waals surface area contributed by atoms with E-state index in [2.05, 4.69) is 38.2 Å². The Morgan fingerprint density at radius 1 is 1.56 bits per heavy atom. The Kier molecular flexibility index (Phi) is 4.19. The molecule has 0 saturated carbocycles. The van der Waals surface area contributed by atoms with E-state index in [0.29, 0.717) is 6.54 Å². The number of aromatic nitrogens is 2. The van der Waals surface area contributed by atoms with Crippen LogP contribution in [0.4, 0.5) is 0 Å². The zero-order valence-electron chi connectivity index (χ0n) is 10.2. The SMILES string of the molecule is C=C(Br)CNC(=O)C1(n2cccn2)CCNCC1. The number of halogens is 1. The van der Waals surface area contributed by atoms with Gasteiger partial charge in [-0.05, 0) is 32.0 Å². The van der Waals surface area contributed by atoms with Crippen molar-refractivity contribution in [3.05, 3.63) is 29.5 Å². The van der Waals surface area contributed by atoms with Gasteiger partial charge >= 0.3 is 0 Å². The quantitative estimate of drug-likeness (QED) is 0.871. The number of hydrogen-bond acceptors (Lipinski definition) is 3. The average Bonchev–Trinajstić information content (AvgIpc) is 2.91. The van der Waals surface area contributed by atoms with Crippen molar-refractivity contribution in [2.75, 3.05) is 19.6 Å². The lowest BCUT2D eigenvalue weighted by atomic mass is 9.87. The Morgan fingerprint density at radius 2 is 2.28 bits per heavy atom. The van der Waals surface area contributed by atoms with Crippen LogP contribution in [0.5, 0.6) is 0 Å². The summed E-state index contributed by atoms with van der Waals surface area (Å²) in [6, 6.07) is 1.85. The van der Waals surface area contributed by atoms with E-state index in [9.17, 15) is 4.79 Å². The van der Waals surface area contributed by atoms with Gasteiger partial charge in [-0.1, -0.05) is 22.5 Å². The van der Waals surface area contributed by atoms with E-state index in [1.165, 1.54) is 0 Å². The molecule has 6 heteroatoms. The van der Waals surface area contributed by atoms with Crippen molar-refractivity contribution in [1.82, 2.24) is 20.4 Å². The molecule has 18 heavy (non-hydrogen) atoms. The van der Waals surface area contributed by atoms with Crippen molar-refractivity contribution in [3.8, 4) is 0 Å². The molecular weight excluding hydrogens is 296 g/mol. The molecule has 0 spiro atoms. The van der Waals surface area contributed by atoms with Gasteiger partial charge in [0.1, 0.15) is 5.54 Å². The highest BCUT2D eigenvalue weighted by Gasteiger charge is 2.41. The molecule has 1 aliphatic rings. The molecule has 1 aromatic heterocycles. The van der Waals surface area contributed by atoms with E-state index in [1.54, 1.807) is 10.9 Å². The van der Waals surface area contributed by atoms with Crippen LogP contribution >= 0.6 is 15.9 Å². The Labute approximate surface area is 115 Å². The van der Waals surface area contributed by atoms with Gasteiger partial charge in [0.25, 0.3) is 0 Å². The molecule has 2 heterocycles. The molecule has 1 aliphatic heterocycles. The summed E-state index contributed by atoms with van der Waals surface area (Å²) >= 11 is 3.25. The zero-order chi connectivity index (χ0) is 13.0. The summed E-state index contributed by atoms with van der Waals surface area (Å²) < 4.78 is 2.54. The molecule has 0 radical (unpaired) electrons. The molecular formula is C12H17BrN4O. The first-order chi connectivity index (χ1) is 8.65. The van der Waals surface area contributed by atoms with Gasteiger partial charge in [0, 0.05) is 23.4 Å². The topological polar surface area (TPSA) is 59.0 Å². The molecule has 0 unspecified atom stereocenters. The van der Waals surface area contributed by atoms with Crippen LogP contribution in [0.25, 0.3) is 0 Å².